The van der Waals surface area contributed by atoms with Gasteiger partial charge in [-0.1, -0.05) is 42.5 Å². The van der Waals surface area contributed by atoms with E-state index in [1.165, 1.54) is 24.8 Å². The molecule has 2 aromatic carbocycles. The molecule has 4 rings (SSSR count). The zero-order valence-electron chi connectivity index (χ0n) is 17.2. The first kappa shape index (κ1) is 19.8. The van der Waals surface area contributed by atoms with Gasteiger partial charge in [0.05, 0.1) is 24.4 Å². The van der Waals surface area contributed by atoms with E-state index >= 15 is 0 Å². The molecule has 3 N–H and O–H groups in total. The fraction of sp³-hybridized carbons (Fsp3) is 0.458. The molecule has 0 aliphatic carbocycles. The van der Waals surface area contributed by atoms with Crippen LogP contribution in [-0.2, 0) is 6.54 Å². The van der Waals surface area contributed by atoms with E-state index in [-0.39, 0.29) is 12.1 Å². The first-order chi connectivity index (χ1) is 14.2. The van der Waals surface area contributed by atoms with Crippen molar-refractivity contribution in [3.8, 4) is 5.75 Å². The lowest BCUT2D eigenvalue weighted by atomic mass is 9.81. The quantitative estimate of drug-likeness (QED) is 0.704. The number of ether oxygens (including phenoxy) is 1. The Balaban J connectivity index is 1.36. The number of carbonyl (C=O) groups excluding carboxylic acids is 1. The molecule has 4 atom stereocenters. The van der Waals surface area contributed by atoms with Crippen molar-refractivity contribution in [1.82, 2.24) is 5.32 Å². The molecule has 2 fully saturated rings. The number of para-hydroxylation sites is 2. The Morgan fingerprint density at radius 3 is 2.45 bits per heavy atom. The fourth-order valence-corrected chi connectivity index (χ4v) is 5.07. The zero-order chi connectivity index (χ0) is 20.1. The molecule has 154 valence electrons. The van der Waals surface area contributed by atoms with Crippen molar-refractivity contribution in [2.75, 3.05) is 11.9 Å². The van der Waals surface area contributed by atoms with Crippen LogP contribution in [0.4, 0.5) is 10.5 Å². The van der Waals surface area contributed by atoms with Gasteiger partial charge in [-0.2, -0.15) is 0 Å². The van der Waals surface area contributed by atoms with Crippen molar-refractivity contribution in [3.05, 3.63) is 60.2 Å². The molecule has 2 unspecified atom stereocenters. The maximum absolute atomic E-state index is 12.6. The van der Waals surface area contributed by atoms with Crippen LogP contribution in [0, 0.1) is 0 Å². The van der Waals surface area contributed by atoms with Gasteiger partial charge in [0.25, 0.3) is 0 Å². The van der Waals surface area contributed by atoms with Crippen LogP contribution >= 0.6 is 0 Å². The monoisotopic (exact) mass is 394 g/mol. The number of carbonyl (C=O) groups is 1. The topological polar surface area (TPSA) is 54.8 Å². The summed E-state index contributed by atoms with van der Waals surface area (Å²) in [5, 5.41) is 6.21. The Hall–Kier alpha value is -2.53. The summed E-state index contributed by atoms with van der Waals surface area (Å²) in [6.07, 6.45) is 5.93. The van der Waals surface area contributed by atoms with Crippen molar-refractivity contribution in [2.45, 2.75) is 63.7 Å². The van der Waals surface area contributed by atoms with Crippen molar-refractivity contribution < 1.29 is 14.4 Å². The normalized spacial score (nSPS) is 25.8. The first-order valence-corrected chi connectivity index (χ1v) is 10.9. The summed E-state index contributed by atoms with van der Waals surface area (Å²) < 4.78 is 5.61. The SMILES string of the molecule is CCOc1ccccc1NC(=O)NC1C[C@H]2CCC[C@@H](C1)[NH+]2Cc1ccccc1. The maximum Gasteiger partial charge on any atom is 0.319 e. The van der Waals surface area contributed by atoms with Gasteiger partial charge < -0.3 is 20.3 Å². The van der Waals surface area contributed by atoms with Crippen LogP contribution in [0.5, 0.6) is 5.75 Å². The highest BCUT2D eigenvalue weighted by atomic mass is 16.5. The van der Waals surface area contributed by atoms with E-state index in [1.54, 1.807) is 4.90 Å². The Morgan fingerprint density at radius 2 is 1.72 bits per heavy atom. The number of fused-ring (bicyclic) bond motifs is 2. The van der Waals surface area contributed by atoms with Crippen LogP contribution in [0.2, 0.25) is 0 Å². The van der Waals surface area contributed by atoms with Gasteiger partial charge in [0.2, 0.25) is 0 Å². The van der Waals surface area contributed by atoms with Crippen molar-refractivity contribution in [2.24, 2.45) is 0 Å². The summed E-state index contributed by atoms with van der Waals surface area (Å²) in [4.78, 5) is 14.4. The number of benzene rings is 2. The number of amides is 2. The summed E-state index contributed by atoms with van der Waals surface area (Å²) in [6.45, 7) is 3.62. The minimum absolute atomic E-state index is 0.133. The minimum atomic E-state index is -0.133. The average molecular weight is 395 g/mol. The molecule has 2 saturated heterocycles. The molecule has 5 heteroatoms. The molecular weight excluding hydrogens is 362 g/mol. The van der Waals surface area contributed by atoms with Crippen LogP contribution in [-0.4, -0.2) is 30.8 Å². The average Bonchev–Trinajstić information content (AvgIpc) is 2.71. The largest absolute Gasteiger partial charge is 0.492 e. The molecule has 2 aliphatic rings. The molecule has 2 heterocycles. The highest BCUT2D eigenvalue weighted by Gasteiger charge is 2.42. The van der Waals surface area contributed by atoms with Gasteiger partial charge in [0.15, 0.2) is 0 Å². The molecular formula is C24H32N3O2+. The summed E-state index contributed by atoms with van der Waals surface area (Å²) >= 11 is 0. The molecule has 2 bridgehead atoms. The van der Waals surface area contributed by atoms with Gasteiger partial charge >= 0.3 is 6.03 Å². The van der Waals surface area contributed by atoms with Crippen molar-refractivity contribution in [3.63, 3.8) is 0 Å². The number of anilines is 1. The van der Waals surface area contributed by atoms with Crippen LogP contribution < -0.4 is 20.3 Å². The number of quaternary nitrogens is 1. The third kappa shape index (κ3) is 4.91. The standard InChI is InChI=1S/C24H31N3O2/c1-2-29-23-14-7-6-13-22(23)26-24(28)25-19-15-20-11-8-12-21(16-19)27(20)17-18-9-4-3-5-10-18/h3-7,9-10,13-14,19-21H,2,8,11-12,15-17H2,1H3,(H2,25,26,28)/p+1/t19?,20-,21+. The Morgan fingerprint density at radius 1 is 1.03 bits per heavy atom. The lowest BCUT2D eigenvalue weighted by molar-refractivity contribution is -0.973. The lowest BCUT2D eigenvalue weighted by Gasteiger charge is -2.46. The van der Waals surface area contributed by atoms with Gasteiger partial charge in [-0.15, -0.1) is 0 Å². The van der Waals surface area contributed by atoms with Gasteiger partial charge in [-0.25, -0.2) is 4.79 Å². The molecule has 2 amide bonds. The Kier molecular flexibility index (Phi) is 6.35. The molecule has 2 aliphatic heterocycles. The van der Waals surface area contributed by atoms with Crippen LogP contribution in [0.15, 0.2) is 54.6 Å². The number of urea groups is 1. The smallest absolute Gasteiger partial charge is 0.319 e. The summed E-state index contributed by atoms with van der Waals surface area (Å²) in [5.41, 5.74) is 2.13. The molecule has 2 aromatic rings. The van der Waals surface area contributed by atoms with Crippen LogP contribution in [0.25, 0.3) is 0 Å². The predicted molar refractivity (Wildman–Crippen MR) is 115 cm³/mol. The number of nitrogens with one attached hydrogen (secondary N) is 3. The second-order valence-corrected chi connectivity index (χ2v) is 8.26. The van der Waals surface area contributed by atoms with E-state index in [2.05, 4.69) is 41.0 Å². The number of rotatable bonds is 6. The third-order valence-corrected chi connectivity index (χ3v) is 6.31. The van der Waals surface area contributed by atoms with Crippen molar-refractivity contribution in [1.29, 1.82) is 0 Å². The summed E-state index contributed by atoms with van der Waals surface area (Å²) in [6, 6.07) is 19.8. The second kappa shape index (κ2) is 9.31. The van der Waals surface area contributed by atoms with E-state index in [4.69, 9.17) is 4.74 Å². The number of hydrogen-bond acceptors (Lipinski definition) is 2. The molecule has 29 heavy (non-hydrogen) atoms. The van der Waals surface area contributed by atoms with Gasteiger partial charge in [0.1, 0.15) is 12.3 Å². The minimum Gasteiger partial charge on any atom is -0.492 e. The first-order valence-electron chi connectivity index (χ1n) is 10.9. The maximum atomic E-state index is 12.6. The summed E-state index contributed by atoms with van der Waals surface area (Å²) in [5.74, 6) is 0.712. The Bertz CT molecular complexity index is 797. The van der Waals surface area contributed by atoms with E-state index < -0.39 is 0 Å². The number of hydrogen-bond donors (Lipinski definition) is 3. The zero-order valence-corrected chi connectivity index (χ0v) is 17.2. The van der Waals surface area contributed by atoms with E-state index in [9.17, 15) is 4.79 Å². The van der Waals surface area contributed by atoms with Gasteiger partial charge in [0, 0.05) is 24.4 Å². The molecule has 5 nitrogen and oxygen atoms in total. The highest BCUT2D eigenvalue weighted by molar-refractivity contribution is 5.91. The molecule has 0 radical (unpaired) electrons. The van der Waals surface area contributed by atoms with Gasteiger partial charge in [-0.3, -0.25) is 0 Å². The fourth-order valence-electron chi connectivity index (χ4n) is 5.07. The van der Waals surface area contributed by atoms with E-state index in [0.717, 1.165) is 25.1 Å². The second-order valence-electron chi connectivity index (χ2n) is 8.26. The van der Waals surface area contributed by atoms with Gasteiger partial charge in [-0.05, 0) is 38.3 Å². The molecule has 0 saturated carbocycles. The van der Waals surface area contributed by atoms with E-state index in [0.29, 0.717) is 24.4 Å². The molecule has 0 spiro atoms. The predicted octanol–water partition coefficient (Wildman–Crippen LogP) is 3.38. The Labute approximate surface area is 173 Å². The number of piperidine rings is 2. The van der Waals surface area contributed by atoms with Crippen molar-refractivity contribution >= 4 is 11.7 Å². The third-order valence-electron chi connectivity index (χ3n) is 6.31. The van der Waals surface area contributed by atoms with Crippen LogP contribution in [0.3, 0.4) is 0 Å². The highest BCUT2D eigenvalue weighted by Crippen LogP contribution is 2.25. The van der Waals surface area contributed by atoms with Crippen LogP contribution in [0.1, 0.15) is 44.6 Å². The lowest BCUT2D eigenvalue weighted by Crippen LogP contribution is -3.20. The molecule has 0 aromatic heterocycles. The summed E-state index contributed by atoms with van der Waals surface area (Å²) in [7, 11) is 0. The van der Waals surface area contributed by atoms with E-state index in [1.807, 2.05) is 31.2 Å².